The van der Waals surface area contributed by atoms with Crippen LogP contribution in [-0.2, 0) is 0 Å². The predicted octanol–water partition coefficient (Wildman–Crippen LogP) is 4.27. The fourth-order valence-corrected chi connectivity index (χ4v) is 4.94. The summed E-state index contributed by atoms with van der Waals surface area (Å²) in [6.07, 6.45) is 3.58. The van der Waals surface area contributed by atoms with Crippen LogP contribution in [0.1, 0.15) is 21.5 Å². The van der Waals surface area contributed by atoms with E-state index in [1.807, 2.05) is 28.6 Å². The molecule has 3 heterocycles. The normalized spacial score (nSPS) is 14.4. The second kappa shape index (κ2) is 8.32. The second-order valence-electron chi connectivity index (χ2n) is 6.82. The van der Waals surface area contributed by atoms with Crippen molar-refractivity contribution in [2.24, 2.45) is 0 Å². The van der Waals surface area contributed by atoms with E-state index >= 15 is 0 Å². The maximum absolute atomic E-state index is 13.2. The smallest absolute Gasteiger partial charge is 0.256 e. The van der Waals surface area contributed by atoms with Crippen LogP contribution in [0.3, 0.4) is 0 Å². The topological polar surface area (TPSA) is 49.3 Å². The molecule has 5 nitrogen and oxygen atoms in total. The highest BCUT2D eigenvalue weighted by Gasteiger charge is 2.25. The Labute approximate surface area is 173 Å². The van der Waals surface area contributed by atoms with E-state index in [4.69, 9.17) is 0 Å². The fourth-order valence-electron chi connectivity index (χ4n) is 3.30. The standard InChI is InChI=1S/C21H22N4OS2/c1-15-5-6-18(16(2)14-15)28-19-17(4-3-7-22-19)20(26)24-9-11-25(12-10-24)21-23-8-13-27-21/h3-8,13-14H,9-12H2,1-2H3. The molecule has 144 valence electrons. The van der Waals surface area contributed by atoms with Crippen LogP contribution < -0.4 is 4.90 Å². The number of benzene rings is 1. The van der Waals surface area contributed by atoms with Crippen LogP contribution in [0.4, 0.5) is 5.13 Å². The van der Waals surface area contributed by atoms with Gasteiger partial charge in [-0.25, -0.2) is 9.97 Å². The van der Waals surface area contributed by atoms with Crippen molar-refractivity contribution in [3.05, 3.63) is 64.8 Å². The molecule has 0 bridgehead atoms. The molecule has 7 heteroatoms. The Hall–Kier alpha value is -2.38. The number of hydrogen-bond donors (Lipinski definition) is 0. The van der Waals surface area contributed by atoms with E-state index in [1.54, 1.807) is 29.3 Å². The second-order valence-corrected chi connectivity index (χ2v) is 8.72. The van der Waals surface area contributed by atoms with Gasteiger partial charge in [0.25, 0.3) is 5.91 Å². The lowest BCUT2D eigenvalue weighted by Gasteiger charge is -2.34. The van der Waals surface area contributed by atoms with Crippen molar-refractivity contribution >= 4 is 34.1 Å². The highest BCUT2D eigenvalue weighted by Crippen LogP contribution is 2.32. The highest BCUT2D eigenvalue weighted by molar-refractivity contribution is 7.99. The van der Waals surface area contributed by atoms with Crippen molar-refractivity contribution in [1.29, 1.82) is 0 Å². The van der Waals surface area contributed by atoms with E-state index in [9.17, 15) is 4.79 Å². The van der Waals surface area contributed by atoms with Gasteiger partial charge in [0.15, 0.2) is 5.13 Å². The summed E-state index contributed by atoms with van der Waals surface area (Å²) >= 11 is 3.20. The van der Waals surface area contributed by atoms with Crippen LogP contribution in [0.25, 0.3) is 0 Å². The Morgan fingerprint density at radius 2 is 1.89 bits per heavy atom. The van der Waals surface area contributed by atoms with Gasteiger partial charge < -0.3 is 9.80 Å². The van der Waals surface area contributed by atoms with Gasteiger partial charge >= 0.3 is 0 Å². The van der Waals surface area contributed by atoms with E-state index < -0.39 is 0 Å². The van der Waals surface area contributed by atoms with Crippen LogP contribution in [0, 0.1) is 13.8 Å². The van der Waals surface area contributed by atoms with Crippen LogP contribution in [-0.4, -0.2) is 47.0 Å². The SMILES string of the molecule is Cc1ccc(Sc2ncccc2C(=O)N2CCN(c3nccs3)CC2)c(C)c1. The molecule has 0 atom stereocenters. The Balaban J connectivity index is 1.49. The maximum atomic E-state index is 13.2. The molecule has 0 aliphatic carbocycles. The Kier molecular flexibility index (Phi) is 5.64. The number of aryl methyl sites for hydroxylation is 2. The number of hydrogen-bond acceptors (Lipinski definition) is 6. The van der Waals surface area contributed by atoms with Crippen molar-refractivity contribution in [2.75, 3.05) is 31.1 Å². The molecule has 1 amide bonds. The van der Waals surface area contributed by atoms with E-state index in [0.29, 0.717) is 18.7 Å². The van der Waals surface area contributed by atoms with Crippen LogP contribution >= 0.6 is 23.1 Å². The molecule has 28 heavy (non-hydrogen) atoms. The van der Waals surface area contributed by atoms with Gasteiger partial charge in [-0.05, 0) is 37.6 Å². The lowest BCUT2D eigenvalue weighted by atomic mass is 10.2. The lowest BCUT2D eigenvalue weighted by Crippen LogP contribution is -2.48. The summed E-state index contributed by atoms with van der Waals surface area (Å²) in [7, 11) is 0. The number of piperazine rings is 1. The molecule has 0 unspecified atom stereocenters. The minimum atomic E-state index is 0.0548. The van der Waals surface area contributed by atoms with Gasteiger partial charge in [-0.3, -0.25) is 4.79 Å². The van der Waals surface area contributed by atoms with E-state index in [0.717, 1.165) is 28.1 Å². The van der Waals surface area contributed by atoms with Crippen LogP contribution in [0.5, 0.6) is 0 Å². The quantitative estimate of drug-likeness (QED) is 0.643. The fraction of sp³-hybridized carbons (Fsp3) is 0.286. The number of carbonyl (C=O) groups is 1. The summed E-state index contributed by atoms with van der Waals surface area (Å²) in [5, 5.41) is 3.78. The molecule has 4 rings (SSSR count). The molecule has 0 N–H and O–H groups in total. The maximum Gasteiger partial charge on any atom is 0.256 e. The third kappa shape index (κ3) is 4.05. The number of nitrogens with zero attached hydrogens (tertiary/aromatic N) is 4. The molecule has 0 spiro atoms. The van der Waals surface area contributed by atoms with E-state index in [2.05, 4.69) is 46.9 Å². The van der Waals surface area contributed by atoms with Gasteiger partial charge in [0.2, 0.25) is 0 Å². The summed E-state index contributed by atoms with van der Waals surface area (Å²) in [5.74, 6) is 0.0548. The van der Waals surface area contributed by atoms with Crippen molar-refractivity contribution in [3.63, 3.8) is 0 Å². The minimum absolute atomic E-state index is 0.0548. The van der Waals surface area contributed by atoms with Gasteiger partial charge in [-0.15, -0.1) is 11.3 Å². The predicted molar refractivity (Wildman–Crippen MR) is 115 cm³/mol. The van der Waals surface area contributed by atoms with Crippen LogP contribution in [0.2, 0.25) is 0 Å². The molecular weight excluding hydrogens is 388 g/mol. The molecule has 1 aliphatic rings. The highest BCUT2D eigenvalue weighted by atomic mass is 32.2. The third-order valence-corrected chi connectivity index (χ3v) is 6.82. The first-order valence-corrected chi connectivity index (χ1v) is 11.0. The van der Waals surface area contributed by atoms with Crippen molar-refractivity contribution in [1.82, 2.24) is 14.9 Å². The summed E-state index contributed by atoms with van der Waals surface area (Å²) in [6, 6.07) is 10.1. The molecule has 1 saturated heterocycles. The average Bonchev–Trinajstić information content (AvgIpc) is 3.25. The lowest BCUT2D eigenvalue weighted by molar-refractivity contribution is 0.0742. The zero-order valence-corrected chi connectivity index (χ0v) is 17.6. The largest absolute Gasteiger partial charge is 0.345 e. The van der Waals surface area contributed by atoms with E-state index in [1.165, 1.54) is 11.1 Å². The molecule has 3 aromatic rings. The third-order valence-electron chi connectivity index (χ3n) is 4.80. The number of aromatic nitrogens is 2. The number of carbonyl (C=O) groups excluding carboxylic acids is 1. The van der Waals surface area contributed by atoms with Gasteiger partial charge in [0.1, 0.15) is 5.03 Å². The van der Waals surface area contributed by atoms with Gasteiger partial charge in [0.05, 0.1) is 5.56 Å². The van der Waals surface area contributed by atoms with Gasteiger partial charge in [0, 0.05) is 48.8 Å². The Bertz CT molecular complexity index is 966. The molecule has 1 fully saturated rings. The minimum Gasteiger partial charge on any atom is -0.345 e. The molecule has 2 aromatic heterocycles. The number of anilines is 1. The Morgan fingerprint density at radius 1 is 1.07 bits per heavy atom. The molecule has 1 aromatic carbocycles. The number of amides is 1. The van der Waals surface area contributed by atoms with Gasteiger partial charge in [-0.1, -0.05) is 29.5 Å². The molecule has 1 aliphatic heterocycles. The van der Waals surface area contributed by atoms with Crippen molar-refractivity contribution < 1.29 is 4.79 Å². The first-order valence-electron chi connectivity index (χ1n) is 9.25. The summed E-state index contributed by atoms with van der Waals surface area (Å²) in [6.45, 7) is 7.18. The van der Waals surface area contributed by atoms with Crippen LogP contribution in [0.15, 0.2) is 58.0 Å². The number of rotatable bonds is 4. The summed E-state index contributed by atoms with van der Waals surface area (Å²) < 4.78 is 0. The zero-order valence-electron chi connectivity index (χ0n) is 16.0. The van der Waals surface area contributed by atoms with Gasteiger partial charge in [-0.2, -0.15) is 0 Å². The number of pyridine rings is 1. The van der Waals surface area contributed by atoms with E-state index in [-0.39, 0.29) is 5.91 Å². The number of thiazole rings is 1. The average molecular weight is 411 g/mol. The van der Waals surface area contributed by atoms with Crippen molar-refractivity contribution in [2.45, 2.75) is 23.8 Å². The monoisotopic (exact) mass is 410 g/mol. The summed E-state index contributed by atoms with van der Waals surface area (Å²) in [5.41, 5.74) is 3.11. The first kappa shape index (κ1) is 19.0. The van der Waals surface area contributed by atoms with Crippen molar-refractivity contribution in [3.8, 4) is 0 Å². The Morgan fingerprint density at radius 3 is 2.61 bits per heavy atom. The molecule has 0 radical (unpaired) electrons. The first-order chi connectivity index (χ1) is 13.6. The molecule has 0 saturated carbocycles. The molecular formula is C21H22N4OS2. The zero-order chi connectivity index (χ0) is 19.5. The summed E-state index contributed by atoms with van der Waals surface area (Å²) in [4.78, 5) is 27.4.